The van der Waals surface area contributed by atoms with Crippen molar-refractivity contribution in [3.63, 3.8) is 0 Å². The Morgan fingerprint density at radius 3 is 2.59 bits per heavy atom. The molecule has 2 aliphatic rings. The zero-order chi connectivity index (χ0) is 11.9. The van der Waals surface area contributed by atoms with Gasteiger partial charge < -0.3 is 15.0 Å². The maximum atomic E-state index is 5.85. The Labute approximate surface area is 101 Å². The molecule has 2 aliphatic heterocycles. The minimum atomic E-state index is -0.000733. The monoisotopic (exact) mass is 234 g/mol. The molecule has 0 bridgehead atoms. The Kier molecular flexibility index (Phi) is 2.52. The van der Waals surface area contributed by atoms with E-state index in [4.69, 9.17) is 4.74 Å². The van der Waals surface area contributed by atoms with E-state index >= 15 is 0 Å². The average molecular weight is 234 g/mol. The SMILES string of the molecule is Cc1cc(C)nc(N2CCOC3(CNC3)C2)n1. The van der Waals surface area contributed by atoms with E-state index < -0.39 is 0 Å². The first kappa shape index (κ1) is 10.9. The number of anilines is 1. The van der Waals surface area contributed by atoms with Gasteiger partial charge >= 0.3 is 0 Å². The van der Waals surface area contributed by atoms with E-state index in [1.54, 1.807) is 0 Å². The van der Waals surface area contributed by atoms with Crippen LogP contribution in [0.5, 0.6) is 0 Å². The molecule has 0 aromatic carbocycles. The van der Waals surface area contributed by atoms with E-state index in [1.807, 2.05) is 19.9 Å². The average Bonchev–Trinajstić information content (AvgIpc) is 2.26. The van der Waals surface area contributed by atoms with Gasteiger partial charge in [-0.15, -0.1) is 0 Å². The van der Waals surface area contributed by atoms with Gasteiger partial charge in [-0.05, 0) is 19.9 Å². The molecule has 0 atom stereocenters. The lowest BCUT2D eigenvalue weighted by Crippen LogP contribution is -2.69. The molecule has 1 N–H and O–H groups in total. The normalized spacial score (nSPS) is 22.6. The number of hydrogen-bond acceptors (Lipinski definition) is 5. The second-order valence-electron chi connectivity index (χ2n) is 5.01. The molecule has 0 radical (unpaired) electrons. The molecule has 5 nitrogen and oxygen atoms in total. The van der Waals surface area contributed by atoms with Crippen molar-refractivity contribution in [2.45, 2.75) is 19.4 Å². The minimum absolute atomic E-state index is 0.000733. The summed E-state index contributed by atoms with van der Waals surface area (Å²) >= 11 is 0. The Morgan fingerprint density at radius 1 is 1.29 bits per heavy atom. The van der Waals surface area contributed by atoms with E-state index in [9.17, 15) is 0 Å². The van der Waals surface area contributed by atoms with Crippen molar-refractivity contribution < 1.29 is 4.74 Å². The van der Waals surface area contributed by atoms with Crippen LogP contribution in [0.25, 0.3) is 0 Å². The molecule has 3 rings (SSSR count). The van der Waals surface area contributed by atoms with Gasteiger partial charge in [-0.25, -0.2) is 9.97 Å². The fourth-order valence-corrected chi connectivity index (χ4v) is 2.48. The van der Waals surface area contributed by atoms with Crippen molar-refractivity contribution in [3.05, 3.63) is 17.5 Å². The summed E-state index contributed by atoms with van der Waals surface area (Å²) in [4.78, 5) is 11.3. The molecule has 5 heteroatoms. The molecule has 2 saturated heterocycles. The quantitative estimate of drug-likeness (QED) is 0.756. The molecular formula is C12H18N4O. The number of nitrogens with zero attached hydrogens (tertiary/aromatic N) is 3. The molecule has 0 amide bonds. The number of aromatic nitrogens is 2. The smallest absolute Gasteiger partial charge is 0.225 e. The molecule has 17 heavy (non-hydrogen) atoms. The van der Waals surface area contributed by atoms with E-state index in [-0.39, 0.29) is 5.60 Å². The maximum Gasteiger partial charge on any atom is 0.225 e. The van der Waals surface area contributed by atoms with E-state index in [1.165, 1.54) is 0 Å². The summed E-state index contributed by atoms with van der Waals surface area (Å²) in [7, 11) is 0. The van der Waals surface area contributed by atoms with Crippen molar-refractivity contribution >= 4 is 5.95 Å². The van der Waals surface area contributed by atoms with Crippen LogP contribution in [0.4, 0.5) is 5.95 Å². The second-order valence-corrected chi connectivity index (χ2v) is 5.01. The third-order valence-electron chi connectivity index (χ3n) is 3.40. The lowest BCUT2D eigenvalue weighted by atomic mass is 9.95. The van der Waals surface area contributed by atoms with Crippen molar-refractivity contribution in [1.82, 2.24) is 15.3 Å². The van der Waals surface area contributed by atoms with E-state index in [2.05, 4.69) is 20.2 Å². The summed E-state index contributed by atoms with van der Waals surface area (Å²) in [6.45, 7) is 8.44. The van der Waals surface area contributed by atoms with Crippen molar-refractivity contribution in [1.29, 1.82) is 0 Å². The Hall–Kier alpha value is -1.20. The second kappa shape index (κ2) is 3.92. The summed E-state index contributed by atoms with van der Waals surface area (Å²) in [6.07, 6.45) is 0. The highest BCUT2D eigenvalue weighted by Gasteiger charge is 2.42. The van der Waals surface area contributed by atoms with Crippen LogP contribution >= 0.6 is 0 Å². The zero-order valence-corrected chi connectivity index (χ0v) is 10.4. The molecule has 92 valence electrons. The van der Waals surface area contributed by atoms with Gasteiger partial charge in [0.15, 0.2) is 0 Å². The standard InChI is InChI=1S/C12H18N4O/c1-9-5-10(2)15-11(14-9)16-3-4-17-12(8-16)6-13-7-12/h5,13H,3-4,6-8H2,1-2H3. The van der Waals surface area contributed by atoms with Crippen LogP contribution in [0.1, 0.15) is 11.4 Å². The van der Waals surface area contributed by atoms with Crippen LogP contribution in [0.3, 0.4) is 0 Å². The number of hydrogen-bond donors (Lipinski definition) is 1. The van der Waals surface area contributed by atoms with Crippen LogP contribution in [0, 0.1) is 13.8 Å². The van der Waals surface area contributed by atoms with Gasteiger partial charge in [0.2, 0.25) is 5.95 Å². The molecule has 1 spiro atoms. The summed E-state index contributed by atoms with van der Waals surface area (Å²) in [6, 6.07) is 2.00. The highest BCUT2D eigenvalue weighted by Crippen LogP contribution is 2.24. The van der Waals surface area contributed by atoms with Gasteiger partial charge in [0.05, 0.1) is 13.2 Å². The molecule has 3 heterocycles. The lowest BCUT2D eigenvalue weighted by molar-refractivity contribution is -0.0885. The number of nitrogens with one attached hydrogen (secondary N) is 1. The first-order valence-corrected chi connectivity index (χ1v) is 6.09. The fourth-order valence-electron chi connectivity index (χ4n) is 2.48. The first-order chi connectivity index (χ1) is 8.17. The minimum Gasteiger partial charge on any atom is -0.369 e. The summed E-state index contributed by atoms with van der Waals surface area (Å²) < 4.78 is 5.85. The van der Waals surface area contributed by atoms with Gasteiger partial charge in [0, 0.05) is 31.0 Å². The first-order valence-electron chi connectivity index (χ1n) is 6.09. The number of ether oxygens (including phenoxy) is 1. The molecular weight excluding hydrogens is 216 g/mol. The molecule has 1 aromatic rings. The molecule has 0 aliphatic carbocycles. The topological polar surface area (TPSA) is 50.3 Å². The molecule has 0 saturated carbocycles. The van der Waals surface area contributed by atoms with Crippen LogP contribution < -0.4 is 10.2 Å². The van der Waals surface area contributed by atoms with Crippen molar-refractivity contribution in [2.24, 2.45) is 0 Å². The van der Waals surface area contributed by atoms with Crippen molar-refractivity contribution in [3.8, 4) is 0 Å². The Bertz CT molecular complexity index is 410. The zero-order valence-electron chi connectivity index (χ0n) is 10.4. The Balaban J connectivity index is 1.83. The number of aryl methyl sites for hydroxylation is 2. The predicted octanol–water partition coefficient (Wildman–Crippen LogP) is 0.272. The molecule has 1 aromatic heterocycles. The predicted molar refractivity (Wildman–Crippen MR) is 65.3 cm³/mol. The van der Waals surface area contributed by atoms with E-state index in [0.29, 0.717) is 0 Å². The molecule has 2 fully saturated rings. The van der Waals surface area contributed by atoms with Crippen LogP contribution in [0.2, 0.25) is 0 Å². The highest BCUT2D eigenvalue weighted by atomic mass is 16.5. The van der Waals surface area contributed by atoms with Crippen LogP contribution in [0.15, 0.2) is 6.07 Å². The van der Waals surface area contributed by atoms with Gasteiger partial charge in [0.1, 0.15) is 5.60 Å². The highest BCUT2D eigenvalue weighted by molar-refractivity contribution is 5.34. The van der Waals surface area contributed by atoms with Crippen molar-refractivity contribution in [2.75, 3.05) is 37.7 Å². The summed E-state index contributed by atoms with van der Waals surface area (Å²) in [5, 5.41) is 3.27. The van der Waals surface area contributed by atoms with Gasteiger partial charge in [0.25, 0.3) is 0 Å². The lowest BCUT2D eigenvalue weighted by Gasteiger charge is -2.48. The Morgan fingerprint density at radius 2 is 2.00 bits per heavy atom. The van der Waals surface area contributed by atoms with E-state index in [0.717, 1.165) is 50.1 Å². The van der Waals surface area contributed by atoms with Gasteiger partial charge in [-0.1, -0.05) is 0 Å². The summed E-state index contributed by atoms with van der Waals surface area (Å²) in [5.41, 5.74) is 2.05. The number of rotatable bonds is 1. The molecule has 0 unspecified atom stereocenters. The van der Waals surface area contributed by atoms with Gasteiger partial charge in [-0.2, -0.15) is 0 Å². The van der Waals surface area contributed by atoms with Crippen LogP contribution in [-0.4, -0.2) is 48.4 Å². The largest absolute Gasteiger partial charge is 0.369 e. The number of morpholine rings is 1. The van der Waals surface area contributed by atoms with Crippen LogP contribution in [-0.2, 0) is 4.74 Å². The third kappa shape index (κ3) is 2.00. The maximum absolute atomic E-state index is 5.85. The van der Waals surface area contributed by atoms with Gasteiger partial charge in [-0.3, -0.25) is 0 Å². The third-order valence-corrected chi connectivity index (χ3v) is 3.40. The fraction of sp³-hybridized carbons (Fsp3) is 0.667. The summed E-state index contributed by atoms with van der Waals surface area (Å²) in [5.74, 6) is 0.845.